The molecule has 9 heteroatoms. The molecule has 1 saturated heterocycles. The Kier molecular flexibility index (Phi) is 3.97. The second-order valence-corrected chi connectivity index (χ2v) is 7.60. The third-order valence-corrected chi connectivity index (χ3v) is 5.76. The number of anilines is 1. The number of nitrogen functional groups attached to an aromatic ring is 1. The SMILES string of the molecule is NCC1CCN(c2c(Cl)cc3c(=O)n(N)c(=O)n(C4CC4)c3c2Cl)C1. The largest absolute Gasteiger partial charge is 0.369 e. The van der Waals surface area contributed by atoms with E-state index >= 15 is 0 Å². The summed E-state index contributed by atoms with van der Waals surface area (Å²) in [6.45, 7) is 2.14. The Labute approximate surface area is 153 Å². The maximum Gasteiger partial charge on any atom is 0.350 e. The first-order valence-corrected chi connectivity index (χ1v) is 9.09. The highest BCUT2D eigenvalue weighted by molar-refractivity contribution is 6.42. The minimum atomic E-state index is -0.589. The van der Waals surface area contributed by atoms with Crippen molar-refractivity contribution >= 4 is 39.8 Å². The van der Waals surface area contributed by atoms with Gasteiger partial charge >= 0.3 is 5.69 Å². The molecule has 134 valence electrons. The highest BCUT2D eigenvalue weighted by atomic mass is 35.5. The van der Waals surface area contributed by atoms with Gasteiger partial charge < -0.3 is 16.5 Å². The van der Waals surface area contributed by atoms with Gasteiger partial charge in [0.05, 0.1) is 26.6 Å². The van der Waals surface area contributed by atoms with Crippen LogP contribution in [0.25, 0.3) is 10.9 Å². The van der Waals surface area contributed by atoms with Crippen molar-refractivity contribution < 1.29 is 0 Å². The molecule has 7 nitrogen and oxygen atoms in total. The van der Waals surface area contributed by atoms with E-state index in [9.17, 15) is 9.59 Å². The number of nitrogens with two attached hydrogens (primary N) is 2. The van der Waals surface area contributed by atoms with Crippen LogP contribution in [0.5, 0.6) is 0 Å². The summed E-state index contributed by atoms with van der Waals surface area (Å²) in [5, 5.41) is 0.984. The summed E-state index contributed by atoms with van der Waals surface area (Å²) >= 11 is 13.1. The molecule has 1 aliphatic carbocycles. The fourth-order valence-electron chi connectivity index (χ4n) is 3.62. The molecule has 4 rings (SSSR count). The molecule has 2 aliphatic rings. The fraction of sp³-hybridized carbons (Fsp3) is 0.500. The number of nitrogens with zero attached hydrogens (tertiary/aromatic N) is 3. The van der Waals surface area contributed by atoms with Crippen molar-refractivity contribution in [2.75, 3.05) is 30.4 Å². The number of halogens is 2. The van der Waals surface area contributed by atoms with Gasteiger partial charge in [0.15, 0.2) is 0 Å². The first kappa shape index (κ1) is 16.8. The lowest BCUT2D eigenvalue weighted by Crippen LogP contribution is -2.44. The lowest BCUT2D eigenvalue weighted by molar-refractivity contribution is 0.602. The molecule has 1 saturated carbocycles. The Bertz CT molecular complexity index is 979. The van der Waals surface area contributed by atoms with Gasteiger partial charge in [-0.05, 0) is 37.8 Å². The van der Waals surface area contributed by atoms with Crippen molar-refractivity contribution in [1.82, 2.24) is 9.24 Å². The number of fused-ring (bicyclic) bond motifs is 1. The summed E-state index contributed by atoms with van der Waals surface area (Å²) in [6.07, 6.45) is 2.68. The normalized spacial score (nSPS) is 20.6. The molecule has 1 unspecified atom stereocenters. The van der Waals surface area contributed by atoms with Gasteiger partial charge in [-0.15, -0.1) is 0 Å². The summed E-state index contributed by atoms with van der Waals surface area (Å²) in [7, 11) is 0. The molecule has 0 radical (unpaired) electrons. The van der Waals surface area contributed by atoms with E-state index in [1.807, 2.05) is 0 Å². The highest BCUT2D eigenvalue weighted by Crippen LogP contribution is 2.43. The average Bonchev–Trinajstić information content (AvgIpc) is 3.31. The average molecular weight is 384 g/mol. The van der Waals surface area contributed by atoms with Crippen molar-refractivity contribution in [2.24, 2.45) is 11.7 Å². The number of hydrogen-bond acceptors (Lipinski definition) is 5. The maximum absolute atomic E-state index is 12.5. The molecule has 1 aromatic heterocycles. The summed E-state index contributed by atoms with van der Waals surface area (Å²) in [6, 6.07) is 1.59. The minimum absolute atomic E-state index is 0.0206. The first-order chi connectivity index (χ1) is 11.9. The van der Waals surface area contributed by atoms with Crippen LogP contribution in [0.4, 0.5) is 5.69 Å². The Morgan fingerprint density at radius 3 is 2.52 bits per heavy atom. The number of rotatable bonds is 3. The van der Waals surface area contributed by atoms with E-state index < -0.39 is 11.2 Å². The third-order valence-electron chi connectivity index (χ3n) is 5.12. The van der Waals surface area contributed by atoms with Crippen molar-refractivity contribution in [3.05, 3.63) is 36.9 Å². The van der Waals surface area contributed by atoms with Crippen LogP contribution in [-0.2, 0) is 0 Å². The van der Waals surface area contributed by atoms with Crippen molar-refractivity contribution in [3.8, 4) is 0 Å². The molecule has 1 atom stereocenters. The quantitative estimate of drug-likeness (QED) is 0.778. The zero-order chi connectivity index (χ0) is 17.9. The van der Waals surface area contributed by atoms with Gasteiger partial charge in [0, 0.05) is 19.1 Å². The van der Waals surface area contributed by atoms with Gasteiger partial charge in [0.2, 0.25) is 0 Å². The van der Waals surface area contributed by atoms with E-state index in [1.54, 1.807) is 6.07 Å². The Morgan fingerprint density at radius 1 is 1.20 bits per heavy atom. The van der Waals surface area contributed by atoms with Crippen molar-refractivity contribution in [3.63, 3.8) is 0 Å². The topological polar surface area (TPSA) is 99.3 Å². The van der Waals surface area contributed by atoms with Gasteiger partial charge in [-0.3, -0.25) is 9.36 Å². The summed E-state index contributed by atoms with van der Waals surface area (Å²) in [5.74, 6) is 6.05. The molecular formula is C16H19Cl2N5O2. The zero-order valence-electron chi connectivity index (χ0n) is 13.5. The lowest BCUT2D eigenvalue weighted by Gasteiger charge is -2.23. The first-order valence-electron chi connectivity index (χ1n) is 8.33. The second kappa shape index (κ2) is 5.93. The molecule has 0 amide bonds. The summed E-state index contributed by atoms with van der Waals surface area (Å²) in [5.41, 5.74) is 5.73. The van der Waals surface area contributed by atoms with E-state index in [0.29, 0.717) is 38.4 Å². The molecular weight excluding hydrogens is 365 g/mol. The molecule has 0 bridgehead atoms. The lowest BCUT2D eigenvalue weighted by atomic mass is 10.1. The summed E-state index contributed by atoms with van der Waals surface area (Å²) in [4.78, 5) is 27.1. The smallest absolute Gasteiger partial charge is 0.350 e. The van der Waals surface area contributed by atoms with Crippen LogP contribution in [-0.4, -0.2) is 28.9 Å². The highest BCUT2D eigenvalue weighted by Gasteiger charge is 2.32. The molecule has 2 heterocycles. The van der Waals surface area contributed by atoms with Gasteiger partial charge in [-0.25, -0.2) is 4.79 Å². The molecule has 1 aliphatic heterocycles. The number of benzene rings is 1. The standard InChI is InChI=1S/C16H19Cl2N5O2/c17-11-5-10-13(12(18)14(11)21-4-3-8(6-19)7-21)22(9-1-2-9)16(25)23(20)15(10)24/h5,8-9H,1-4,6-7,19-20H2. The van der Waals surface area contributed by atoms with Crippen LogP contribution in [0.3, 0.4) is 0 Å². The third kappa shape index (κ3) is 2.53. The molecule has 0 spiro atoms. The Hall–Kier alpha value is -1.70. The van der Waals surface area contributed by atoms with Gasteiger partial charge in [-0.2, -0.15) is 4.68 Å². The predicted molar refractivity (Wildman–Crippen MR) is 100 cm³/mol. The Morgan fingerprint density at radius 2 is 1.92 bits per heavy atom. The fourth-order valence-corrected chi connectivity index (χ4v) is 4.40. The summed E-state index contributed by atoms with van der Waals surface area (Å²) < 4.78 is 2.17. The second-order valence-electron chi connectivity index (χ2n) is 6.81. The van der Waals surface area contributed by atoms with E-state index in [0.717, 1.165) is 32.4 Å². The molecule has 2 fully saturated rings. The van der Waals surface area contributed by atoms with E-state index in [4.69, 9.17) is 34.8 Å². The van der Waals surface area contributed by atoms with E-state index in [-0.39, 0.29) is 11.4 Å². The molecule has 1 aromatic carbocycles. The predicted octanol–water partition coefficient (Wildman–Crippen LogP) is 1.30. The van der Waals surface area contributed by atoms with Gasteiger partial charge in [0.25, 0.3) is 5.56 Å². The Balaban J connectivity index is 2.01. The van der Waals surface area contributed by atoms with Crippen molar-refractivity contribution in [2.45, 2.75) is 25.3 Å². The van der Waals surface area contributed by atoms with E-state index in [1.165, 1.54) is 4.57 Å². The number of hydrogen-bond donors (Lipinski definition) is 2. The zero-order valence-corrected chi connectivity index (χ0v) is 15.1. The van der Waals surface area contributed by atoms with Crippen LogP contribution in [0.2, 0.25) is 10.0 Å². The van der Waals surface area contributed by atoms with Crippen LogP contribution in [0.15, 0.2) is 15.7 Å². The van der Waals surface area contributed by atoms with Gasteiger partial charge in [-0.1, -0.05) is 23.2 Å². The van der Waals surface area contributed by atoms with Crippen LogP contribution in [0.1, 0.15) is 25.3 Å². The minimum Gasteiger partial charge on any atom is -0.369 e. The molecule has 2 aromatic rings. The monoisotopic (exact) mass is 383 g/mol. The number of aromatic nitrogens is 2. The van der Waals surface area contributed by atoms with Crippen LogP contribution >= 0.6 is 23.2 Å². The molecule has 25 heavy (non-hydrogen) atoms. The van der Waals surface area contributed by atoms with Crippen LogP contribution < -0.4 is 27.7 Å². The maximum atomic E-state index is 12.5. The van der Waals surface area contributed by atoms with Crippen molar-refractivity contribution in [1.29, 1.82) is 0 Å². The molecule has 4 N–H and O–H groups in total. The van der Waals surface area contributed by atoms with E-state index in [2.05, 4.69) is 4.90 Å². The van der Waals surface area contributed by atoms with Gasteiger partial charge in [0.1, 0.15) is 0 Å². The van der Waals surface area contributed by atoms with Crippen LogP contribution in [0, 0.1) is 5.92 Å².